The summed E-state index contributed by atoms with van der Waals surface area (Å²) in [6.45, 7) is 2.18. The molecule has 0 aromatic heterocycles. The Hall–Kier alpha value is -1.02. The van der Waals surface area contributed by atoms with Gasteiger partial charge in [-0.25, -0.2) is 4.99 Å². The van der Waals surface area contributed by atoms with Crippen molar-refractivity contribution in [3.63, 3.8) is 0 Å². The molecule has 1 aliphatic rings. The first-order valence-corrected chi connectivity index (χ1v) is 7.86. The summed E-state index contributed by atoms with van der Waals surface area (Å²) in [4.78, 5) is 17.6. The van der Waals surface area contributed by atoms with Gasteiger partial charge in [0.15, 0.2) is 5.96 Å². The number of hydrogen-bond donors (Lipinski definition) is 2. The molecule has 0 spiro atoms. The van der Waals surface area contributed by atoms with E-state index in [1.54, 1.807) is 19.0 Å². The molecule has 1 saturated carbocycles. The monoisotopic (exact) mass is 450 g/mol. The lowest BCUT2D eigenvalue weighted by atomic mass is 10.1. The lowest BCUT2D eigenvalue weighted by Gasteiger charge is -2.19. The summed E-state index contributed by atoms with van der Waals surface area (Å²) in [5.74, 6) is 0.650. The van der Waals surface area contributed by atoms with Crippen LogP contribution in [0, 0.1) is 0 Å². The average molecular weight is 451 g/mol. The van der Waals surface area contributed by atoms with E-state index < -0.39 is 0 Å². The predicted molar refractivity (Wildman–Crippen MR) is 106 cm³/mol. The Bertz CT molecular complexity index is 561. The van der Waals surface area contributed by atoms with E-state index in [9.17, 15) is 4.79 Å². The fourth-order valence-corrected chi connectivity index (χ4v) is 2.11. The molecule has 1 atom stereocenters. The molecule has 0 aliphatic heterocycles. The first kappa shape index (κ1) is 20.0. The highest BCUT2D eigenvalue weighted by molar-refractivity contribution is 14.0. The Labute approximate surface area is 159 Å². The van der Waals surface area contributed by atoms with E-state index >= 15 is 0 Å². The topological polar surface area (TPSA) is 56.7 Å². The molecule has 1 fully saturated rings. The summed E-state index contributed by atoms with van der Waals surface area (Å²) in [5.41, 5.74) is 1.08. The van der Waals surface area contributed by atoms with Crippen LogP contribution in [0.1, 0.15) is 31.4 Å². The van der Waals surface area contributed by atoms with Crippen molar-refractivity contribution in [3.8, 4) is 0 Å². The molecular weight excluding hydrogens is 427 g/mol. The summed E-state index contributed by atoms with van der Waals surface area (Å²) in [6.07, 6.45) is 2.29. The number of likely N-dealkylation sites (N-methyl/N-ethyl adjacent to an activating group) is 1. The Morgan fingerprint density at radius 2 is 2.13 bits per heavy atom. The summed E-state index contributed by atoms with van der Waals surface area (Å²) < 4.78 is 0. The van der Waals surface area contributed by atoms with Gasteiger partial charge in [-0.1, -0.05) is 23.7 Å². The molecule has 1 amide bonds. The molecule has 1 aromatic carbocycles. The van der Waals surface area contributed by atoms with Crippen molar-refractivity contribution in [2.45, 2.75) is 31.8 Å². The lowest BCUT2D eigenvalue weighted by Crippen LogP contribution is -2.40. The molecule has 2 N–H and O–H groups in total. The molecule has 1 aromatic rings. The number of halogens is 2. The minimum absolute atomic E-state index is 0. The number of guanidine groups is 1. The maximum Gasteiger partial charge on any atom is 0.243 e. The first-order valence-electron chi connectivity index (χ1n) is 7.49. The molecule has 23 heavy (non-hydrogen) atoms. The number of nitrogens with zero attached hydrogens (tertiary/aromatic N) is 2. The first-order chi connectivity index (χ1) is 10.5. The van der Waals surface area contributed by atoms with E-state index in [-0.39, 0.29) is 42.5 Å². The van der Waals surface area contributed by atoms with Crippen LogP contribution in [0.4, 0.5) is 0 Å². The van der Waals surface area contributed by atoms with Crippen molar-refractivity contribution in [3.05, 3.63) is 34.9 Å². The van der Waals surface area contributed by atoms with Crippen LogP contribution in [0.15, 0.2) is 29.3 Å². The maximum atomic E-state index is 11.7. The van der Waals surface area contributed by atoms with Crippen molar-refractivity contribution in [1.82, 2.24) is 15.5 Å². The van der Waals surface area contributed by atoms with Gasteiger partial charge >= 0.3 is 0 Å². The Morgan fingerprint density at radius 1 is 1.43 bits per heavy atom. The molecular formula is C16H24ClIN4O. The molecule has 1 unspecified atom stereocenters. The van der Waals surface area contributed by atoms with E-state index in [4.69, 9.17) is 11.6 Å². The van der Waals surface area contributed by atoms with Crippen molar-refractivity contribution in [1.29, 1.82) is 0 Å². The fraction of sp³-hybridized carbons (Fsp3) is 0.500. The second-order valence-electron chi connectivity index (χ2n) is 5.79. The van der Waals surface area contributed by atoms with Crippen LogP contribution in [-0.4, -0.2) is 43.4 Å². The van der Waals surface area contributed by atoms with Gasteiger partial charge in [-0.3, -0.25) is 4.79 Å². The molecule has 128 valence electrons. The number of hydrogen-bond acceptors (Lipinski definition) is 2. The minimum atomic E-state index is -0.0210. The number of rotatable bonds is 5. The highest BCUT2D eigenvalue weighted by Crippen LogP contribution is 2.20. The van der Waals surface area contributed by atoms with Crippen molar-refractivity contribution in [2.24, 2.45) is 4.99 Å². The Morgan fingerprint density at radius 3 is 2.70 bits per heavy atom. The molecule has 1 aliphatic carbocycles. The van der Waals surface area contributed by atoms with E-state index in [0.29, 0.717) is 17.0 Å². The zero-order chi connectivity index (χ0) is 16.1. The smallest absolute Gasteiger partial charge is 0.243 e. The van der Waals surface area contributed by atoms with E-state index in [0.717, 1.165) is 18.4 Å². The zero-order valence-corrected chi connectivity index (χ0v) is 16.8. The summed E-state index contributed by atoms with van der Waals surface area (Å²) in [7, 11) is 3.46. The number of nitrogens with one attached hydrogen (secondary N) is 2. The van der Waals surface area contributed by atoms with Crippen molar-refractivity contribution < 1.29 is 4.79 Å². The highest BCUT2D eigenvalue weighted by Gasteiger charge is 2.23. The van der Waals surface area contributed by atoms with E-state index in [2.05, 4.69) is 15.6 Å². The van der Waals surface area contributed by atoms with Crippen LogP contribution in [-0.2, 0) is 4.79 Å². The average Bonchev–Trinajstić information content (AvgIpc) is 3.28. The van der Waals surface area contributed by atoms with Crippen LogP contribution in [0.3, 0.4) is 0 Å². The molecule has 2 rings (SSSR count). The third-order valence-electron chi connectivity index (χ3n) is 3.49. The zero-order valence-electron chi connectivity index (χ0n) is 13.7. The van der Waals surface area contributed by atoms with Gasteiger partial charge in [0, 0.05) is 25.2 Å². The molecule has 0 bridgehead atoms. The summed E-state index contributed by atoms with van der Waals surface area (Å²) in [5, 5.41) is 7.38. The van der Waals surface area contributed by atoms with Gasteiger partial charge in [0.05, 0.1) is 6.04 Å². The van der Waals surface area contributed by atoms with Crippen LogP contribution >= 0.6 is 35.6 Å². The summed E-state index contributed by atoms with van der Waals surface area (Å²) >= 11 is 6.03. The van der Waals surface area contributed by atoms with Crippen LogP contribution in [0.2, 0.25) is 5.02 Å². The predicted octanol–water partition coefficient (Wildman–Crippen LogP) is 2.80. The molecule has 0 heterocycles. The third-order valence-corrected chi connectivity index (χ3v) is 3.73. The van der Waals surface area contributed by atoms with Gasteiger partial charge in [0.25, 0.3) is 0 Å². The Balaban J connectivity index is 0.00000264. The van der Waals surface area contributed by atoms with E-state index in [1.807, 2.05) is 31.2 Å². The molecule has 0 saturated heterocycles. The molecule has 0 radical (unpaired) electrons. The number of benzene rings is 1. The van der Waals surface area contributed by atoms with E-state index in [1.165, 1.54) is 0 Å². The van der Waals surface area contributed by atoms with Gasteiger partial charge < -0.3 is 15.5 Å². The number of amides is 1. The van der Waals surface area contributed by atoms with Gasteiger partial charge in [0.2, 0.25) is 5.91 Å². The van der Waals surface area contributed by atoms with Crippen molar-refractivity contribution >= 4 is 47.4 Å². The fourth-order valence-electron chi connectivity index (χ4n) is 1.91. The van der Waals surface area contributed by atoms with Crippen LogP contribution in [0.5, 0.6) is 0 Å². The van der Waals surface area contributed by atoms with Gasteiger partial charge in [-0.15, -0.1) is 24.0 Å². The van der Waals surface area contributed by atoms with Gasteiger partial charge in [-0.2, -0.15) is 0 Å². The lowest BCUT2D eigenvalue weighted by molar-refractivity contribution is -0.127. The standard InChI is InChI=1S/C16H23ClN4O.HI/c1-11(12-5-4-6-13(17)9-12)19-16(20-14-7-8-14)18-10-15(22)21(2)3;/h4-6,9,11,14H,7-8,10H2,1-3H3,(H2,18,19,20);1H. The van der Waals surface area contributed by atoms with Gasteiger partial charge in [0.1, 0.15) is 6.54 Å². The third kappa shape index (κ3) is 6.95. The van der Waals surface area contributed by atoms with Gasteiger partial charge in [-0.05, 0) is 37.5 Å². The number of aliphatic imine (C=N–C) groups is 1. The number of carbonyl (C=O) groups excluding carboxylic acids is 1. The minimum Gasteiger partial charge on any atom is -0.354 e. The van der Waals surface area contributed by atoms with Crippen LogP contribution < -0.4 is 10.6 Å². The maximum absolute atomic E-state index is 11.7. The number of carbonyl (C=O) groups is 1. The molecule has 5 nitrogen and oxygen atoms in total. The summed E-state index contributed by atoms with van der Waals surface area (Å²) in [6, 6.07) is 8.24. The Kier molecular flexibility index (Phi) is 8.11. The normalized spacial score (nSPS) is 15.4. The largest absolute Gasteiger partial charge is 0.354 e. The SMILES string of the molecule is CC(NC(=NCC(=O)N(C)C)NC1CC1)c1cccc(Cl)c1.I. The molecule has 7 heteroatoms. The second kappa shape index (κ2) is 9.32. The van der Waals surface area contributed by atoms with Crippen LogP contribution in [0.25, 0.3) is 0 Å². The quantitative estimate of drug-likeness (QED) is 0.412. The second-order valence-corrected chi connectivity index (χ2v) is 6.23. The highest BCUT2D eigenvalue weighted by atomic mass is 127. The van der Waals surface area contributed by atoms with Crippen molar-refractivity contribution in [2.75, 3.05) is 20.6 Å².